The van der Waals surface area contributed by atoms with Crippen molar-refractivity contribution in [3.8, 4) is 0 Å². The van der Waals surface area contributed by atoms with E-state index in [1.165, 1.54) is 88.4 Å². The van der Waals surface area contributed by atoms with Crippen LogP contribution in [-0.2, 0) is 14.4 Å². The number of nitrogens with one attached hydrogen (secondary N) is 2. The molecule has 0 bridgehead atoms. The largest absolute Gasteiger partial charge is 0.481 e. The van der Waals surface area contributed by atoms with Gasteiger partial charge in [-0.2, -0.15) is 0 Å². The van der Waals surface area contributed by atoms with Gasteiger partial charge in [0, 0.05) is 25.9 Å². The van der Waals surface area contributed by atoms with Crippen LogP contribution in [0.5, 0.6) is 0 Å². The number of carbonyl (C=O) groups excluding carboxylic acids is 1. The fraction of sp³-hybridized carbons (Fsp3) is 0.875. The van der Waals surface area contributed by atoms with Crippen LogP contribution in [0.15, 0.2) is 0 Å². The first kappa shape index (κ1) is 40.8. The van der Waals surface area contributed by atoms with E-state index >= 15 is 0 Å². The summed E-state index contributed by atoms with van der Waals surface area (Å²) in [5.74, 6) is -1.84. The summed E-state index contributed by atoms with van der Waals surface area (Å²) in [4.78, 5) is 35.7. The number of carbonyl (C=O) groups is 3. The van der Waals surface area contributed by atoms with Gasteiger partial charge in [-0.05, 0) is 32.6 Å². The van der Waals surface area contributed by atoms with E-state index in [1.54, 1.807) is 0 Å². The van der Waals surface area contributed by atoms with Crippen LogP contribution in [0, 0.1) is 5.41 Å². The molecule has 1 atom stereocenters. The molecule has 0 fully saturated rings. The number of unbranched alkanes of at least 4 members (excludes halogenated alkanes) is 16. The number of carboxylic acid groups (broad SMARTS) is 2. The summed E-state index contributed by atoms with van der Waals surface area (Å²) in [5.41, 5.74) is 5.21. The SMILES string of the molecule is CCCCCCCCCCCC(=O)N(CC)C(CCCNC(=N)N)C(=O)O.CCCCCCCCCCCC(=O)O. The molecule has 0 aromatic rings. The molecule has 0 saturated heterocycles. The Hall–Kier alpha value is -2.32. The second kappa shape index (κ2) is 30.6. The third kappa shape index (κ3) is 29.0. The second-order valence-electron chi connectivity index (χ2n) is 11.1. The average Bonchev–Trinajstić information content (AvgIpc) is 2.92. The lowest BCUT2D eigenvalue weighted by Crippen LogP contribution is -2.45. The number of nitrogens with two attached hydrogens (primary N) is 1. The molecule has 9 heteroatoms. The van der Waals surface area contributed by atoms with E-state index < -0.39 is 18.0 Å². The standard InChI is InChI=1S/C20H40N4O3.C12H24O2/c1-3-5-6-7-8-9-10-11-12-15-18(25)24(4-2)17(19(26)27)14-13-16-23-20(21)22;1-2-3-4-5-6-7-8-9-10-11-12(13)14/h17H,3-16H2,1-2H3,(H,26,27)(H4,21,22,23);2-11H2,1H3,(H,13,14). The van der Waals surface area contributed by atoms with Gasteiger partial charge in [-0.25, -0.2) is 4.79 Å². The molecule has 9 nitrogen and oxygen atoms in total. The molecule has 41 heavy (non-hydrogen) atoms. The summed E-state index contributed by atoms with van der Waals surface area (Å²) in [7, 11) is 0. The Morgan fingerprint density at radius 1 is 0.683 bits per heavy atom. The highest BCUT2D eigenvalue weighted by molar-refractivity contribution is 5.83. The lowest BCUT2D eigenvalue weighted by atomic mass is 10.1. The zero-order chi connectivity index (χ0) is 31.1. The number of hydrogen-bond donors (Lipinski definition) is 5. The number of guanidine groups is 1. The van der Waals surface area contributed by atoms with Gasteiger partial charge in [-0.1, -0.05) is 117 Å². The van der Waals surface area contributed by atoms with E-state index in [0.29, 0.717) is 38.8 Å². The van der Waals surface area contributed by atoms with Gasteiger partial charge in [0.1, 0.15) is 6.04 Å². The molecule has 0 aliphatic carbocycles. The number of likely N-dealkylation sites (N-methyl/N-ethyl adjacent to an activating group) is 1. The molecule has 0 aromatic carbocycles. The first-order chi connectivity index (χ1) is 19.7. The van der Waals surface area contributed by atoms with Crippen molar-refractivity contribution in [2.24, 2.45) is 5.73 Å². The highest BCUT2D eigenvalue weighted by Gasteiger charge is 2.27. The van der Waals surface area contributed by atoms with Crippen LogP contribution < -0.4 is 11.1 Å². The van der Waals surface area contributed by atoms with Gasteiger partial charge in [0.15, 0.2) is 5.96 Å². The molecule has 0 heterocycles. The van der Waals surface area contributed by atoms with Crippen LogP contribution in [0.3, 0.4) is 0 Å². The molecule has 0 saturated carbocycles. The topological polar surface area (TPSA) is 157 Å². The van der Waals surface area contributed by atoms with E-state index in [1.807, 2.05) is 6.92 Å². The first-order valence-electron chi connectivity index (χ1n) is 16.5. The third-order valence-corrected chi connectivity index (χ3v) is 7.28. The van der Waals surface area contributed by atoms with Crippen molar-refractivity contribution in [3.05, 3.63) is 0 Å². The Morgan fingerprint density at radius 2 is 1.10 bits per heavy atom. The van der Waals surface area contributed by atoms with Gasteiger partial charge in [-0.15, -0.1) is 0 Å². The van der Waals surface area contributed by atoms with E-state index in [4.69, 9.17) is 16.2 Å². The van der Waals surface area contributed by atoms with Crippen LogP contribution in [0.2, 0.25) is 0 Å². The smallest absolute Gasteiger partial charge is 0.326 e. The molecule has 1 amide bonds. The van der Waals surface area contributed by atoms with Gasteiger partial charge in [0.25, 0.3) is 0 Å². The fourth-order valence-corrected chi connectivity index (χ4v) is 4.82. The number of rotatable bonds is 27. The maximum atomic E-state index is 12.5. The molecule has 0 rings (SSSR count). The van der Waals surface area contributed by atoms with E-state index in [2.05, 4.69) is 19.2 Å². The van der Waals surface area contributed by atoms with Gasteiger partial charge in [-0.3, -0.25) is 15.0 Å². The van der Waals surface area contributed by atoms with Crippen molar-refractivity contribution in [2.45, 2.75) is 168 Å². The minimum atomic E-state index is -0.972. The van der Waals surface area contributed by atoms with Crippen molar-refractivity contribution in [3.63, 3.8) is 0 Å². The quantitative estimate of drug-likeness (QED) is 0.0381. The summed E-state index contributed by atoms with van der Waals surface area (Å²) >= 11 is 0. The molecule has 0 aromatic heterocycles. The highest BCUT2D eigenvalue weighted by Crippen LogP contribution is 2.14. The number of carboxylic acids is 2. The zero-order valence-corrected chi connectivity index (χ0v) is 26.7. The van der Waals surface area contributed by atoms with Crippen LogP contribution in [0.1, 0.15) is 162 Å². The van der Waals surface area contributed by atoms with Crippen LogP contribution in [-0.4, -0.2) is 58.0 Å². The molecule has 0 aliphatic heterocycles. The van der Waals surface area contributed by atoms with Crippen molar-refractivity contribution in [1.29, 1.82) is 5.41 Å². The van der Waals surface area contributed by atoms with Crippen molar-refractivity contribution >= 4 is 23.8 Å². The summed E-state index contributed by atoms with van der Waals surface area (Å²) in [6, 6.07) is -0.810. The maximum Gasteiger partial charge on any atom is 0.326 e. The Morgan fingerprint density at radius 3 is 1.46 bits per heavy atom. The van der Waals surface area contributed by atoms with E-state index in [0.717, 1.165) is 32.1 Å². The molecular weight excluding hydrogens is 520 g/mol. The van der Waals surface area contributed by atoms with Crippen molar-refractivity contribution in [1.82, 2.24) is 10.2 Å². The number of nitrogens with zero attached hydrogens (tertiary/aromatic N) is 1. The predicted molar refractivity (Wildman–Crippen MR) is 169 cm³/mol. The molecule has 0 radical (unpaired) electrons. The third-order valence-electron chi connectivity index (χ3n) is 7.28. The molecule has 0 spiro atoms. The number of amides is 1. The average molecular weight is 585 g/mol. The summed E-state index contributed by atoms with van der Waals surface area (Å²) < 4.78 is 0. The van der Waals surface area contributed by atoms with E-state index in [-0.39, 0.29) is 11.9 Å². The summed E-state index contributed by atoms with van der Waals surface area (Å²) in [6.07, 6.45) is 23.5. The normalized spacial score (nSPS) is 11.3. The highest BCUT2D eigenvalue weighted by atomic mass is 16.4. The monoisotopic (exact) mass is 584 g/mol. The molecule has 242 valence electrons. The zero-order valence-electron chi connectivity index (χ0n) is 26.7. The minimum absolute atomic E-state index is 0.0765. The summed E-state index contributed by atoms with van der Waals surface area (Å²) in [6.45, 7) is 7.09. The van der Waals surface area contributed by atoms with Gasteiger partial charge in [0.05, 0.1) is 0 Å². The fourth-order valence-electron chi connectivity index (χ4n) is 4.82. The second-order valence-corrected chi connectivity index (χ2v) is 11.1. The van der Waals surface area contributed by atoms with Crippen LogP contribution in [0.4, 0.5) is 0 Å². The Kier molecular flexibility index (Phi) is 30.5. The van der Waals surface area contributed by atoms with Crippen molar-refractivity contribution < 1.29 is 24.6 Å². The van der Waals surface area contributed by atoms with Crippen LogP contribution in [0.25, 0.3) is 0 Å². The Balaban J connectivity index is 0. The lowest BCUT2D eigenvalue weighted by molar-refractivity contribution is -0.150. The van der Waals surface area contributed by atoms with Gasteiger partial charge in [0.2, 0.25) is 5.91 Å². The molecule has 0 aliphatic rings. The number of hydrogen-bond acceptors (Lipinski definition) is 4. The van der Waals surface area contributed by atoms with Crippen molar-refractivity contribution in [2.75, 3.05) is 13.1 Å². The predicted octanol–water partition coefficient (Wildman–Crippen LogP) is 7.46. The molecule has 1 unspecified atom stereocenters. The summed E-state index contributed by atoms with van der Waals surface area (Å²) in [5, 5.41) is 27.7. The minimum Gasteiger partial charge on any atom is -0.481 e. The van der Waals surface area contributed by atoms with Gasteiger partial charge >= 0.3 is 11.9 Å². The number of aliphatic carboxylic acids is 2. The Labute approximate surface area is 250 Å². The Bertz CT molecular complexity index is 660. The lowest BCUT2D eigenvalue weighted by Gasteiger charge is -2.28. The van der Waals surface area contributed by atoms with Crippen LogP contribution >= 0.6 is 0 Å². The van der Waals surface area contributed by atoms with E-state index in [9.17, 15) is 19.5 Å². The van der Waals surface area contributed by atoms with Gasteiger partial charge < -0.3 is 26.2 Å². The molecular formula is C32H64N4O5. The molecule has 6 N–H and O–H groups in total. The first-order valence-corrected chi connectivity index (χ1v) is 16.5. The maximum absolute atomic E-state index is 12.5.